The molecule has 2 heterocycles. The summed E-state index contributed by atoms with van der Waals surface area (Å²) in [6.07, 6.45) is 5.79. The third-order valence-corrected chi connectivity index (χ3v) is 7.54. The lowest BCUT2D eigenvalue weighted by Gasteiger charge is -2.37. The van der Waals surface area contributed by atoms with Crippen molar-refractivity contribution in [2.75, 3.05) is 32.7 Å². The number of hydrogen-bond acceptors (Lipinski definition) is 4. The molecule has 186 valence electrons. The number of amides is 3. The minimum absolute atomic E-state index is 0.0630. The lowest BCUT2D eigenvalue weighted by molar-refractivity contribution is 0.0259. The Morgan fingerprint density at radius 3 is 2.21 bits per heavy atom. The van der Waals surface area contributed by atoms with Crippen LogP contribution in [0.15, 0.2) is 12.1 Å². The lowest BCUT2D eigenvalue weighted by Crippen LogP contribution is -2.48. The fourth-order valence-corrected chi connectivity index (χ4v) is 5.56. The summed E-state index contributed by atoms with van der Waals surface area (Å²) in [6, 6.07) is 1.71. The molecule has 0 bridgehead atoms. The minimum Gasteiger partial charge on any atom is -0.441 e. The second-order valence-corrected chi connectivity index (χ2v) is 9.52. The first-order chi connectivity index (χ1) is 16.3. The van der Waals surface area contributed by atoms with E-state index < -0.39 is 34.6 Å². The van der Waals surface area contributed by atoms with E-state index in [0.29, 0.717) is 32.5 Å². The average molecular weight is 478 g/mol. The first-order valence-corrected chi connectivity index (χ1v) is 12.4. The van der Waals surface area contributed by atoms with Crippen molar-refractivity contribution >= 4 is 17.9 Å². The molecule has 3 amide bonds. The van der Waals surface area contributed by atoms with Gasteiger partial charge in [0.25, 0.3) is 11.8 Å². The van der Waals surface area contributed by atoms with Gasteiger partial charge < -0.3 is 19.4 Å². The first kappa shape index (κ1) is 24.4. The van der Waals surface area contributed by atoms with E-state index in [1.807, 2.05) is 0 Å². The standard InChI is InChI=1S/C25H33F2N3O4/c1-3-28(4-2)22(31)20-18(26)8-9-19(27)21(20)23(32)29-14-10-17(11-15-29)30-16-25(34-24(30)33)12-6-5-7-13-25/h8-9,17H,3-7,10-16H2,1-2H3. The van der Waals surface area contributed by atoms with E-state index in [0.717, 1.165) is 44.2 Å². The fourth-order valence-electron chi connectivity index (χ4n) is 5.56. The zero-order valence-corrected chi connectivity index (χ0v) is 19.9. The van der Waals surface area contributed by atoms with Crippen LogP contribution in [0.1, 0.15) is 79.5 Å². The molecular formula is C25H33F2N3O4. The molecule has 0 aromatic heterocycles. The van der Waals surface area contributed by atoms with Gasteiger partial charge in [-0.25, -0.2) is 13.6 Å². The monoisotopic (exact) mass is 477 g/mol. The van der Waals surface area contributed by atoms with Crippen LogP contribution in [0.2, 0.25) is 0 Å². The van der Waals surface area contributed by atoms with Gasteiger partial charge in [0, 0.05) is 32.2 Å². The van der Waals surface area contributed by atoms with Crippen LogP contribution in [0.5, 0.6) is 0 Å². The van der Waals surface area contributed by atoms with Crippen LogP contribution in [-0.4, -0.2) is 77.0 Å². The van der Waals surface area contributed by atoms with Crippen LogP contribution in [0.3, 0.4) is 0 Å². The van der Waals surface area contributed by atoms with E-state index in [-0.39, 0.29) is 30.8 Å². The second kappa shape index (κ2) is 9.88. The molecule has 0 atom stereocenters. The molecule has 1 saturated carbocycles. The highest BCUT2D eigenvalue weighted by Crippen LogP contribution is 2.39. The molecule has 7 nitrogen and oxygen atoms in total. The number of rotatable bonds is 5. The Bertz CT molecular complexity index is 952. The zero-order valence-electron chi connectivity index (χ0n) is 19.9. The lowest BCUT2D eigenvalue weighted by atomic mass is 9.84. The molecule has 34 heavy (non-hydrogen) atoms. The van der Waals surface area contributed by atoms with Crippen LogP contribution in [-0.2, 0) is 4.74 Å². The Hall–Kier alpha value is -2.71. The van der Waals surface area contributed by atoms with Gasteiger partial charge in [0.05, 0.1) is 17.7 Å². The normalized spacial score (nSPS) is 20.5. The second-order valence-electron chi connectivity index (χ2n) is 9.52. The van der Waals surface area contributed by atoms with Crippen molar-refractivity contribution in [1.29, 1.82) is 0 Å². The Morgan fingerprint density at radius 2 is 1.62 bits per heavy atom. The van der Waals surface area contributed by atoms with Crippen molar-refractivity contribution in [3.8, 4) is 0 Å². The van der Waals surface area contributed by atoms with Crippen LogP contribution < -0.4 is 0 Å². The number of nitrogens with zero attached hydrogens (tertiary/aromatic N) is 3. The van der Waals surface area contributed by atoms with E-state index in [4.69, 9.17) is 4.74 Å². The summed E-state index contributed by atoms with van der Waals surface area (Å²) in [7, 11) is 0. The van der Waals surface area contributed by atoms with Crippen molar-refractivity contribution in [3.05, 3.63) is 34.9 Å². The van der Waals surface area contributed by atoms with Gasteiger partial charge in [-0.05, 0) is 64.5 Å². The maximum Gasteiger partial charge on any atom is 0.410 e. The van der Waals surface area contributed by atoms with Gasteiger partial charge >= 0.3 is 6.09 Å². The molecule has 0 unspecified atom stereocenters. The van der Waals surface area contributed by atoms with E-state index >= 15 is 0 Å². The molecule has 4 rings (SSSR count). The van der Waals surface area contributed by atoms with Crippen LogP contribution >= 0.6 is 0 Å². The van der Waals surface area contributed by atoms with Gasteiger partial charge in [-0.3, -0.25) is 9.59 Å². The smallest absolute Gasteiger partial charge is 0.410 e. The molecule has 3 aliphatic rings. The summed E-state index contributed by atoms with van der Waals surface area (Å²) in [5, 5.41) is 0. The number of benzene rings is 1. The molecule has 2 aliphatic heterocycles. The Balaban J connectivity index is 1.48. The van der Waals surface area contributed by atoms with Gasteiger partial charge in [-0.15, -0.1) is 0 Å². The predicted octanol–water partition coefficient (Wildman–Crippen LogP) is 4.21. The van der Waals surface area contributed by atoms with Gasteiger partial charge in [-0.1, -0.05) is 6.42 Å². The molecule has 1 aromatic carbocycles. The van der Waals surface area contributed by atoms with Crippen molar-refractivity contribution in [3.63, 3.8) is 0 Å². The number of piperidine rings is 1. The number of ether oxygens (including phenoxy) is 1. The maximum absolute atomic E-state index is 14.8. The summed E-state index contributed by atoms with van der Waals surface area (Å²) in [5.41, 5.74) is -1.41. The number of likely N-dealkylation sites (tertiary alicyclic amines) is 1. The first-order valence-electron chi connectivity index (χ1n) is 12.4. The van der Waals surface area contributed by atoms with E-state index in [9.17, 15) is 23.2 Å². The highest BCUT2D eigenvalue weighted by atomic mass is 19.1. The third-order valence-electron chi connectivity index (χ3n) is 7.54. The quantitative estimate of drug-likeness (QED) is 0.637. The predicted molar refractivity (Wildman–Crippen MR) is 122 cm³/mol. The molecule has 0 radical (unpaired) electrons. The van der Waals surface area contributed by atoms with Crippen molar-refractivity contribution in [2.45, 2.75) is 70.4 Å². The maximum atomic E-state index is 14.8. The van der Waals surface area contributed by atoms with Crippen LogP contribution in [0, 0.1) is 11.6 Å². The Kier molecular flexibility index (Phi) is 7.09. The summed E-state index contributed by atoms with van der Waals surface area (Å²) in [4.78, 5) is 43.4. The van der Waals surface area contributed by atoms with Crippen molar-refractivity contribution in [2.24, 2.45) is 0 Å². The van der Waals surface area contributed by atoms with Gasteiger partial charge in [0.2, 0.25) is 0 Å². The zero-order chi connectivity index (χ0) is 24.5. The topological polar surface area (TPSA) is 70.2 Å². The number of hydrogen-bond donors (Lipinski definition) is 0. The summed E-state index contributed by atoms with van der Waals surface area (Å²) in [5.74, 6) is -3.21. The van der Waals surface area contributed by atoms with Gasteiger partial charge in [0.1, 0.15) is 17.2 Å². The Morgan fingerprint density at radius 1 is 1.03 bits per heavy atom. The van der Waals surface area contributed by atoms with Crippen LogP contribution in [0.25, 0.3) is 0 Å². The summed E-state index contributed by atoms with van der Waals surface area (Å²) in [6.45, 7) is 5.27. The summed E-state index contributed by atoms with van der Waals surface area (Å²) < 4.78 is 35.3. The van der Waals surface area contributed by atoms with E-state index in [2.05, 4.69) is 0 Å². The van der Waals surface area contributed by atoms with E-state index in [1.54, 1.807) is 18.7 Å². The Labute approximate surface area is 199 Å². The molecular weight excluding hydrogens is 444 g/mol. The molecule has 0 N–H and O–H groups in total. The van der Waals surface area contributed by atoms with Crippen molar-refractivity contribution in [1.82, 2.24) is 14.7 Å². The molecule has 3 fully saturated rings. The molecule has 2 saturated heterocycles. The largest absolute Gasteiger partial charge is 0.441 e. The van der Waals surface area contributed by atoms with E-state index in [1.165, 1.54) is 9.80 Å². The number of halogens is 2. The van der Waals surface area contributed by atoms with Gasteiger partial charge in [0.15, 0.2) is 0 Å². The number of carbonyl (C=O) groups is 3. The molecule has 1 aromatic rings. The highest BCUT2D eigenvalue weighted by Gasteiger charge is 2.48. The van der Waals surface area contributed by atoms with Crippen LogP contribution in [0.4, 0.5) is 13.6 Å². The van der Waals surface area contributed by atoms with Crippen molar-refractivity contribution < 1.29 is 27.9 Å². The highest BCUT2D eigenvalue weighted by molar-refractivity contribution is 6.07. The number of carbonyl (C=O) groups excluding carboxylic acids is 3. The third kappa shape index (κ3) is 4.49. The molecule has 9 heteroatoms. The molecule has 1 spiro atoms. The molecule has 1 aliphatic carbocycles. The summed E-state index contributed by atoms with van der Waals surface area (Å²) >= 11 is 0. The minimum atomic E-state index is -0.911. The average Bonchev–Trinajstić information content (AvgIpc) is 3.16. The fraction of sp³-hybridized carbons (Fsp3) is 0.640. The SMILES string of the molecule is CCN(CC)C(=O)c1c(F)ccc(F)c1C(=O)N1CCC(N2CC3(CCCCC3)OC2=O)CC1. The van der Waals surface area contributed by atoms with Gasteiger partial charge in [-0.2, -0.15) is 0 Å².